The minimum Gasteiger partial charge on any atom is -0.265 e. The second kappa shape index (κ2) is 2.46. The van der Waals surface area contributed by atoms with E-state index in [4.69, 9.17) is 0 Å². The zero-order chi connectivity index (χ0) is 6.81. The molecule has 2 aliphatic heterocycles. The maximum absolute atomic E-state index is 4.02. The fraction of sp³-hybridized carbons (Fsp3) is 0.125. The van der Waals surface area contributed by atoms with E-state index in [0.717, 1.165) is 5.75 Å². The van der Waals surface area contributed by atoms with Gasteiger partial charge in [0, 0.05) is 23.1 Å². The van der Waals surface area contributed by atoms with Gasteiger partial charge in [-0.05, 0) is 17.7 Å². The summed E-state index contributed by atoms with van der Waals surface area (Å²) in [5, 5.41) is 0. The van der Waals surface area contributed by atoms with Crippen LogP contribution in [0.4, 0.5) is 0 Å². The minimum atomic E-state index is 1.11. The molecule has 0 fully saturated rings. The van der Waals surface area contributed by atoms with Crippen molar-refractivity contribution in [3.8, 4) is 0 Å². The number of hydrogen-bond acceptors (Lipinski definition) is 2. The highest BCUT2D eigenvalue weighted by atomic mass is 32.2. The minimum absolute atomic E-state index is 1.11. The Morgan fingerprint density at radius 3 is 3.50 bits per heavy atom. The first kappa shape index (κ1) is 5.98. The van der Waals surface area contributed by atoms with Gasteiger partial charge in [-0.15, -0.1) is 11.8 Å². The van der Waals surface area contributed by atoms with Gasteiger partial charge in [0.2, 0.25) is 0 Å². The van der Waals surface area contributed by atoms with Gasteiger partial charge in [0.25, 0.3) is 0 Å². The summed E-state index contributed by atoms with van der Waals surface area (Å²) in [6, 6.07) is 0. The number of nitrogens with zero attached hydrogens (tertiary/aromatic N) is 1. The van der Waals surface area contributed by atoms with Gasteiger partial charge in [-0.2, -0.15) is 0 Å². The molecule has 2 aliphatic rings. The molecular weight excluding hydrogens is 142 g/mol. The van der Waals surface area contributed by atoms with Crippen LogP contribution in [-0.4, -0.2) is 12.0 Å². The predicted octanol–water partition coefficient (Wildman–Crippen LogP) is 2.14. The van der Waals surface area contributed by atoms with E-state index in [2.05, 4.69) is 23.2 Å². The molecule has 0 aromatic rings. The molecule has 0 atom stereocenters. The van der Waals surface area contributed by atoms with Gasteiger partial charge >= 0.3 is 0 Å². The molecule has 0 bridgehead atoms. The first-order valence-corrected chi connectivity index (χ1v) is 4.19. The van der Waals surface area contributed by atoms with E-state index >= 15 is 0 Å². The molecule has 2 rings (SSSR count). The predicted molar refractivity (Wildman–Crippen MR) is 46.3 cm³/mol. The van der Waals surface area contributed by atoms with Crippen LogP contribution in [0.25, 0.3) is 0 Å². The largest absolute Gasteiger partial charge is 0.265 e. The lowest BCUT2D eigenvalue weighted by Crippen LogP contribution is -1.72. The first-order chi connectivity index (χ1) is 4.97. The number of allylic oxidation sites excluding steroid dienone is 3. The van der Waals surface area contributed by atoms with Gasteiger partial charge in [-0.25, -0.2) is 0 Å². The Kier molecular flexibility index (Phi) is 1.47. The van der Waals surface area contributed by atoms with Crippen LogP contribution in [0.15, 0.2) is 39.9 Å². The van der Waals surface area contributed by atoms with E-state index in [-0.39, 0.29) is 0 Å². The highest BCUT2D eigenvalue weighted by Gasteiger charge is 2.08. The Hall–Kier alpha value is -0.760. The Morgan fingerprint density at radius 2 is 2.50 bits per heavy atom. The van der Waals surface area contributed by atoms with Crippen molar-refractivity contribution in [2.75, 3.05) is 5.75 Å². The van der Waals surface area contributed by atoms with Gasteiger partial charge in [-0.3, -0.25) is 4.99 Å². The van der Waals surface area contributed by atoms with Crippen molar-refractivity contribution in [2.45, 2.75) is 0 Å². The molecule has 2 heteroatoms. The summed E-state index contributed by atoms with van der Waals surface area (Å²) >= 11 is 1.87. The molecule has 2 heterocycles. The quantitative estimate of drug-likeness (QED) is 0.514. The number of rotatable bonds is 0. The maximum Gasteiger partial charge on any atom is 0.0279 e. The highest BCUT2D eigenvalue weighted by molar-refractivity contribution is 8.03. The van der Waals surface area contributed by atoms with Crippen LogP contribution in [0, 0.1) is 0 Å². The van der Waals surface area contributed by atoms with Crippen molar-refractivity contribution in [2.24, 2.45) is 4.99 Å². The van der Waals surface area contributed by atoms with E-state index < -0.39 is 0 Å². The van der Waals surface area contributed by atoms with Crippen molar-refractivity contribution >= 4 is 18.0 Å². The van der Waals surface area contributed by atoms with Crippen molar-refractivity contribution in [1.29, 1.82) is 0 Å². The zero-order valence-corrected chi connectivity index (χ0v) is 6.27. The summed E-state index contributed by atoms with van der Waals surface area (Å²) in [6.07, 6.45) is 10.0. The van der Waals surface area contributed by atoms with Crippen LogP contribution >= 0.6 is 11.8 Å². The Balaban J connectivity index is 2.42. The maximum atomic E-state index is 4.02. The van der Waals surface area contributed by atoms with Crippen LogP contribution in [0.1, 0.15) is 0 Å². The lowest BCUT2D eigenvalue weighted by atomic mass is 10.2. The third-order valence-electron chi connectivity index (χ3n) is 1.48. The third-order valence-corrected chi connectivity index (χ3v) is 2.49. The van der Waals surface area contributed by atoms with Crippen LogP contribution in [0.3, 0.4) is 0 Å². The summed E-state index contributed by atoms with van der Waals surface area (Å²) in [5.74, 6) is 1.11. The molecule has 0 unspecified atom stereocenters. The molecule has 50 valence electrons. The molecule has 0 saturated heterocycles. The lowest BCUT2D eigenvalue weighted by molar-refractivity contribution is 1.57. The average molecular weight is 149 g/mol. The van der Waals surface area contributed by atoms with E-state index in [1.807, 2.05) is 24.2 Å². The number of hydrogen-bond donors (Lipinski definition) is 0. The van der Waals surface area contributed by atoms with Crippen molar-refractivity contribution in [3.05, 3.63) is 34.9 Å². The van der Waals surface area contributed by atoms with E-state index in [1.54, 1.807) is 0 Å². The fourth-order valence-electron chi connectivity index (χ4n) is 0.983. The van der Waals surface area contributed by atoms with E-state index in [1.165, 1.54) is 10.5 Å². The lowest BCUT2D eigenvalue weighted by Gasteiger charge is -1.92. The van der Waals surface area contributed by atoms with Gasteiger partial charge in [0.05, 0.1) is 0 Å². The molecule has 0 radical (unpaired) electrons. The molecule has 0 N–H and O–H groups in total. The molecular formula is C8H7NS. The molecule has 0 aromatic heterocycles. The van der Waals surface area contributed by atoms with Crippen LogP contribution in [0.2, 0.25) is 0 Å². The number of thioether (sulfide) groups is 1. The fourth-order valence-corrected chi connectivity index (χ4v) is 1.90. The van der Waals surface area contributed by atoms with E-state index in [0.29, 0.717) is 0 Å². The van der Waals surface area contributed by atoms with Crippen molar-refractivity contribution in [1.82, 2.24) is 0 Å². The second-order valence-electron chi connectivity index (χ2n) is 2.12. The topological polar surface area (TPSA) is 12.4 Å². The summed E-state index contributed by atoms with van der Waals surface area (Å²) in [6.45, 7) is 0. The Labute approximate surface area is 64.2 Å². The number of fused-ring (bicyclic) bond motifs is 1. The van der Waals surface area contributed by atoms with Crippen LogP contribution in [0.5, 0.6) is 0 Å². The molecule has 0 aliphatic carbocycles. The highest BCUT2D eigenvalue weighted by Crippen LogP contribution is 2.31. The van der Waals surface area contributed by atoms with Gasteiger partial charge in [0.1, 0.15) is 0 Å². The smallest absolute Gasteiger partial charge is 0.0279 e. The first-order valence-electron chi connectivity index (χ1n) is 3.20. The molecule has 0 saturated carbocycles. The Morgan fingerprint density at radius 1 is 1.50 bits per heavy atom. The number of aliphatic imine (C=N–C) groups is 1. The summed E-state index contributed by atoms with van der Waals surface area (Å²) in [7, 11) is 0. The molecule has 0 spiro atoms. The zero-order valence-electron chi connectivity index (χ0n) is 5.45. The molecule has 0 aromatic carbocycles. The van der Waals surface area contributed by atoms with Crippen molar-refractivity contribution < 1.29 is 0 Å². The summed E-state index contributed by atoms with van der Waals surface area (Å²) in [4.78, 5) is 5.36. The summed E-state index contributed by atoms with van der Waals surface area (Å²) < 4.78 is 0. The van der Waals surface area contributed by atoms with Crippen molar-refractivity contribution in [3.63, 3.8) is 0 Å². The van der Waals surface area contributed by atoms with Crippen LogP contribution in [-0.2, 0) is 0 Å². The Bertz CT molecular complexity index is 258. The van der Waals surface area contributed by atoms with Gasteiger partial charge in [-0.1, -0.05) is 6.08 Å². The molecule has 0 amide bonds. The average Bonchev–Trinajstić information content (AvgIpc) is 2.28. The van der Waals surface area contributed by atoms with E-state index in [9.17, 15) is 0 Å². The van der Waals surface area contributed by atoms with Gasteiger partial charge in [0.15, 0.2) is 0 Å². The molecule has 10 heavy (non-hydrogen) atoms. The SMILES string of the molecule is C1=CC2=CCSC2=CC=N1. The summed E-state index contributed by atoms with van der Waals surface area (Å²) in [5.41, 5.74) is 1.32. The standard InChI is InChI=1S/C8H7NS/c1-4-9-5-2-8-7(1)3-6-10-8/h1-5H,6H2. The van der Waals surface area contributed by atoms with Crippen LogP contribution < -0.4 is 0 Å². The van der Waals surface area contributed by atoms with Gasteiger partial charge < -0.3 is 0 Å². The monoisotopic (exact) mass is 149 g/mol. The normalized spacial score (nSPS) is 21.6. The molecule has 1 nitrogen and oxygen atoms in total. The second-order valence-corrected chi connectivity index (χ2v) is 3.18. The third kappa shape index (κ3) is 0.948.